The molecule has 4 amide bonds. The average molecular weight is 659 g/mol. The van der Waals surface area contributed by atoms with E-state index >= 15 is 0 Å². The van der Waals surface area contributed by atoms with Crippen LogP contribution in [0.1, 0.15) is 37.5 Å². The fourth-order valence-corrected chi connectivity index (χ4v) is 7.60. The number of halogens is 1. The van der Waals surface area contributed by atoms with Crippen LogP contribution in [-0.2, 0) is 29.1 Å². The topological polar surface area (TPSA) is 149 Å². The summed E-state index contributed by atoms with van der Waals surface area (Å²) in [5.74, 6) is -1.02. The van der Waals surface area contributed by atoms with Gasteiger partial charge in [-0.05, 0) is 50.8 Å². The Labute approximate surface area is 261 Å². The molecule has 0 spiro atoms. The monoisotopic (exact) mass is 658 g/mol. The molecule has 0 aromatic carbocycles. The third-order valence-corrected chi connectivity index (χ3v) is 9.99. The number of piperidine rings is 1. The van der Waals surface area contributed by atoms with Crippen LogP contribution in [0.15, 0.2) is 17.5 Å². The van der Waals surface area contributed by atoms with Crippen LogP contribution in [0.4, 0.5) is 4.79 Å². The van der Waals surface area contributed by atoms with Crippen molar-refractivity contribution in [2.75, 3.05) is 65.5 Å². The molecule has 0 bridgehead atoms. The second-order valence-electron chi connectivity index (χ2n) is 10.7. The number of thiophene rings is 1. The van der Waals surface area contributed by atoms with Gasteiger partial charge in [0.25, 0.3) is 0 Å². The maximum atomic E-state index is 13.3. The lowest BCUT2D eigenvalue weighted by molar-refractivity contribution is -0.143. The molecule has 4 heterocycles. The van der Waals surface area contributed by atoms with Gasteiger partial charge in [-0.25, -0.2) is 13.2 Å². The molecule has 238 valence electrons. The molecule has 0 aliphatic carbocycles. The Morgan fingerprint density at radius 2 is 1.84 bits per heavy atom. The zero-order chi connectivity index (χ0) is 31.0. The number of sulfonamides is 1. The van der Waals surface area contributed by atoms with Crippen molar-refractivity contribution in [1.29, 1.82) is 0 Å². The highest BCUT2D eigenvalue weighted by molar-refractivity contribution is 7.92. The number of amides is 4. The molecule has 2 N–H and O–H groups in total. The predicted octanol–water partition coefficient (Wildman–Crippen LogP) is 1.16. The number of carbonyl (C=O) groups is 4. The van der Waals surface area contributed by atoms with Crippen molar-refractivity contribution in [3.8, 4) is 0 Å². The summed E-state index contributed by atoms with van der Waals surface area (Å²) in [6, 6.07) is 2.15. The first-order valence-electron chi connectivity index (χ1n) is 14.5. The molecule has 1 aromatic rings. The van der Waals surface area contributed by atoms with E-state index in [0.29, 0.717) is 67.9 Å². The van der Waals surface area contributed by atoms with Gasteiger partial charge in [0.05, 0.1) is 17.5 Å². The molecular formula is C27H39ClN6O7S2. The van der Waals surface area contributed by atoms with Crippen LogP contribution < -0.4 is 10.0 Å². The van der Waals surface area contributed by atoms with Gasteiger partial charge in [-0.2, -0.15) is 4.72 Å². The molecule has 16 heteroatoms. The van der Waals surface area contributed by atoms with E-state index in [1.807, 2.05) is 4.90 Å². The van der Waals surface area contributed by atoms with Gasteiger partial charge in [0.1, 0.15) is 12.6 Å². The van der Waals surface area contributed by atoms with Gasteiger partial charge in [0.15, 0.2) is 0 Å². The van der Waals surface area contributed by atoms with E-state index in [2.05, 4.69) is 14.9 Å². The Hall–Kier alpha value is -2.72. The largest absolute Gasteiger partial charge is 0.465 e. The molecule has 3 saturated heterocycles. The van der Waals surface area contributed by atoms with Crippen LogP contribution in [0.3, 0.4) is 0 Å². The number of hydrogen-bond acceptors (Lipinski definition) is 9. The summed E-state index contributed by atoms with van der Waals surface area (Å²) in [7, 11) is -3.88. The molecular weight excluding hydrogens is 620 g/mol. The van der Waals surface area contributed by atoms with Crippen molar-refractivity contribution in [3.63, 3.8) is 0 Å². The van der Waals surface area contributed by atoms with Crippen molar-refractivity contribution in [1.82, 2.24) is 29.6 Å². The minimum absolute atomic E-state index is 0.00164. The van der Waals surface area contributed by atoms with E-state index in [0.717, 1.165) is 18.2 Å². The Kier molecular flexibility index (Phi) is 11.8. The quantitative estimate of drug-likeness (QED) is 0.337. The first kappa shape index (κ1) is 33.2. The molecule has 43 heavy (non-hydrogen) atoms. The number of hydrogen-bond donors (Lipinski definition) is 2. The van der Waals surface area contributed by atoms with Crippen LogP contribution in [0.5, 0.6) is 0 Å². The molecule has 2 atom stereocenters. The van der Waals surface area contributed by atoms with Gasteiger partial charge >= 0.3 is 12.0 Å². The Morgan fingerprint density at radius 1 is 1.09 bits per heavy atom. The van der Waals surface area contributed by atoms with Gasteiger partial charge in [0, 0.05) is 62.1 Å². The van der Waals surface area contributed by atoms with Crippen LogP contribution in [-0.4, -0.2) is 129 Å². The minimum atomic E-state index is -3.88. The number of urea groups is 1. The summed E-state index contributed by atoms with van der Waals surface area (Å²) in [4.78, 5) is 58.2. The lowest BCUT2D eigenvalue weighted by atomic mass is 10.1. The standard InChI is InChI=1S/C27H39ClN6O7S2/c1-2-41-25(36)17-29-27(38)32-14-12-31(13-15-32)18-20-5-3-11-34(20)24(35)19-33-10-4-6-22(26(33)37)30-43(39,40)16-9-21-7-8-23(28)42-21/h7-9,16,20,22,30H,2-6,10-15,17-19H2,1H3,(H,29,38)/b16-9+. The predicted molar refractivity (Wildman–Crippen MR) is 163 cm³/mol. The molecule has 2 unspecified atom stereocenters. The van der Waals surface area contributed by atoms with E-state index in [9.17, 15) is 27.6 Å². The second kappa shape index (κ2) is 15.3. The number of piperazine rings is 1. The molecule has 3 fully saturated rings. The van der Waals surface area contributed by atoms with E-state index in [4.69, 9.17) is 16.3 Å². The minimum Gasteiger partial charge on any atom is -0.465 e. The SMILES string of the molecule is CCOC(=O)CNC(=O)N1CCN(CC2CCCN2C(=O)CN2CCCC(NS(=O)(=O)/C=C/c3ccc(Cl)s3)C2=O)CC1. The third kappa shape index (κ3) is 9.63. The maximum absolute atomic E-state index is 13.3. The molecule has 0 saturated carbocycles. The number of likely N-dealkylation sites (tertiary alicyclic amines) is 2. The first-order chi connectivity index (χ1) is 20.5. The number of rotatable bonds is 11. The lowest BCUT2D eigenvalue weighted by Crippen LogP contribution is -2.56. The molecule has 1 aromatic heterocycles. The van der Waals surface area contributed by atoms with E-state index < -0.39 is 27.9 Å². The van der Waals surface area contributed by atoms with E-state index in [-0.39, 0.29) is 37.7 Å². The highest BCUT2D eigenvalue weighted by Gasteiger charge is 2.36. The fraction of sp³-hybridized carbons (Fsp3) is 0.630. The molecule has 13 nitrogen and oxygen atoms in total. The van der Waals surface area contributed by atoms with E-state index in [1.54, 1.807) is 24.0 Å². The zero-order valence-corrected chi connectivity index (χ0v) is 26.6. The van der Waals surface area contributed by atoms with Crippen LogP contribution in [0.25, 0.3) is 6.08 Å². The van der Waals surface area contributed by atoms with Gasteiger partial charge in [0.2, 0.25) is 21.8 Å². The van der Waals surface area contributed by atoms with Crippen molar-refractivity contribution < 1.29 is 32.3 Å². The Bertz CT molecular complexity index is 1300. The molecule has 3 aliphatic heterocycles. The highest BCUT2D eigenvalue weighted by atomic mass is 35.5. The summed E-state index contributed by atoms with van der Waals surface area (Å²) in [5.41, 5.74) is 0. The number of nitrogens with one attached hydrogen (secondary N) is 2. The average Bonchev–Trinajstić information content (AvgIpc) is 3.62. The summed E-state index contributed by atoms with van der Waals surface area (Å²) < 4.78 is 33.1. The fourth-order valence-electron chi connectivity index (χ4n) is 5.53. The number of carbonyl (C=O) groups excluding carboxylic acids is 4. The van der Waals surface area contributed by atoms with Crippen LogP contribution in [0.2, 0.25) is 4.34 Å². The lowest BCUT2D eigenvalue weighted by Gasteiger charge is -2.38. The Morgan fingerprint density at radius 3 is 2.53 bits per heavy atom. The van der Waals surface area contributed by atoms with Crippen LogP contribution >= 0.6 is 22.9 Å². The normalized spacial score (nSPS) is 21.9. The molecule has 0 radical (unpaired) electrons. The van der Waals surface area contributed by atoms with Gasteiger partial charge in [-0.15, -0.1) is 11.3 Å². The van der Waals surface area contributed by atoms with Crippen molar-refractivity contribution in [2.45, 2.75) is 44.7 Å². The van der Waals surface area contributed by atoms with Crippen molar-refractivity contribution in [3.05, 3.63) is 26.8 Å². The number of esters is 1. The zero-order valence-electron chi connectivity index (χ0n) is 24.2. The smallest absolute Gasteiger partial charge is 0.325 e. The second-order valence-corrected chi connectivity index (χ2v) is 14.0. The van der Waals surface area contributed by atoms with Gasteiger partial charge < -0.3 is 24.8 Å². The number of ether oxygens (including phenoxy) is 1. The molecule has 4 rings (SSSR count). The summed E-state index contributed by atoms with van der Waals surface area (Å²) in [6.07, 6.45) is 4.09. The van der Waals surface area contributed by atoms with Gasteiger partial charge in [-0.1, -0.05) is 11.6 Å². The maximum Gasteiger partial charge on any atom is 0.325 e. The summed E-state index contributed by atoms with van der Waals surface area (Å²) >= 11 is 7.14. The van der Waals surface area contributed by atoms with Crippen molar-refractivity contribution >= 4 is 62.9 Å². The molecule has 3 aliphatic rings. The number of nitrogens with zero attached hydrogens (tertiary/aromatic N) is 4. The summed E-state index contributed by atoms with van der Waals surface area (Å²) in [5, 5.41) is 3.61. The third-order valence-electron chi connectivity index (χ3n) is 7.68. The summed E-state index contributed by atoms with van der Waals surface area (Å²) in [6.45, 7) is 5.68. The Balaban J connectivity index is 1.24. The highest BCUT2D eigenvalue weighted by Crippen LogP contribution is 2.23. The van der Waals surface area contributed by atoms with Crippen molar-refractivity contribution in [2.24, 2.45) is 0 Å². The van der Waals surface area contributed by atoms with Gasteiger partial charge in [-0.3, -0.25) is 19.3 Å². The van der Waals surface area contributed by atoms with E-state index in [1.165, 1.54) is 22.3 Å². The van der Waals surface area contributed by atoms with Crippen LogP contribution in [0, 0.1) is 0 Å². The first-order valence-corrected chi connectivity index (χ1v) is 17.2.